The van der Waals surface area contributed by atoms with E-state index in [2.05, 4.69) is 0 Å². The predicted octanol–water partition coefficient (Wildman–Crippen LogP) is 1.69. The number of hydrogen-bond acceptors (Lipinski definition) is 8. The zero-order valence-electron chi connectivity index (χ0n) is 11.5. The summed E-state index contributed by atoms with van der Waals surface area (Å²) in [4.78, 5) is 45.1. The third-order valence-electron chi connectivity index (χ3n) is 3.63. The molecule has 0 spiro atoms. The average molecular weight is 330 g/mol. The molecule has 0 unspecified atom stereocenters. The van der Waals surface area contributed by atoms with Crippen molar-refractivity contribution in [3.63, 3.8) is 0 Å². The Morgan fingerprint density at radius 2 is 1.08 bits per heavy atom. The van der Waals surface area contributed by atoms with Crippen LogP contribution in [-0.4, -0.2) is 31.6 Å². The molecule has 0 amide bonds. The molecule has 0 aliphatic heterocycles. The lowest BCUT2D eigenvalue weighted by molar-refractivity contribution is -0.391. The van der Waals surface area contributed by atoms with Crippen LogP contribution < -0.4 is 0 Å². The summed E-state index contributed by atoms with van der Waals surface area (Å²) < 4.78 is 0. The van der Waals surface area contributed by atoms with Crippen LogP contribution in [0.4, 0.5) is 11.4 Å². The number of carbonyl (C=O) groups excluding carboxylic acids is 2. The van der Waals surface area contributed by atoms with Crippen LogP contribution in [0.2, 0.25) is 0 Å². The van der Waals surface area contributed by atoms with Crippen LogP contribution in [0.3, 0.4) is 0 Å². The SMILES string of the molecule is O=C1c2ccccc2C(=O)c2c1c([N+](=O)[O-])c(O)c(O)c2[N+](=O)[O-]. The minimum absolute atomic E-state index is 0.183. The molecule has 0 bridgehead atoms. The molecule has 0 atom stereocenters. The molecule has 3 rings (SSSR count). The third kappa shape index (κ3) is 1.76. The zero-order chi connectivity index (χ0) is 17.8. The molecule has 0 aromatic heterocycles. The van der Waals surface area contributed by atoms with Crippen molar-refractivity contribution < 1.29 is 29.6 Å². The molecular formula is C14H6N2O8. The van der Waals surface area contributed by atoms with E-state index in [0.717, 1.165) is 0 Å². The first kappa shape index (κ1) is 15.1. The number of nitrogens with zero attached hydrogens (tertiary/aromatic N) is 2. The summed E-state index contributed by atoms with van der Waals surface area (Å²) in [6, 6.07) is 5.29. The Morgan fingerprint density at radius 1 is 0.750 bits per heavy atom. The molecule has 24 heavy (non-hydrogen) atoms. The molecule has 0 heterocycles. The number of nitro groups is 2. The van der Waals surface area contributed by atoms with Gasteiger partial charge in [0, 0.05) is 11.1 Å². The van der Waals surface area contributed by atoms with Gasteiger partial charge in [-0.2, -0.15) is 0 Å². The van der Waals surface area contributed by atoms with Gasteiger partial charge in [-0.25, -0.2) is 0 Å². The largest absolute Gasteiger partial charge is 0.499 e. The molecule has 10 nitrogen and oxygen atoms in total. The van der Waals surface area contributed by atoms with E-state index in [4.69, 9.17) is 0 Å². The van der Waals surface area contributed by atoms with E-state index in [1.165, 1.54) is 24.3 Å². The molecule has 10 heteroatoms. The highest BCUT2D eigenvalue weighted by molar-refractivity contribution is 6.31. The van der Waals surface area contributed by atoms with Gasteiger partial charge in [-0.15, -0.1) is 0 Å². The van der Waals surface area contributed by atoms with Gasteiger partial charge in [-0.1, -0.05) is 24.3 Å². The molecule has 0 fully saturated rings. The molecule has 2 N–H and O–H groups in total. The standard InChI is InChI=1S/C14H6N2O8/c17-11-5-3-1-2-4-6(5)12(18)8-7(11)9(15(21)22)13(19)14(20)10(8)16(23)24/h1-4,19-20H. The highest BCUT2D eigenvalue weighted by atomic mass is 16.6. The summed E-state index contributed by atoms with van der Waals surface area (Å²) in [5, 5.41) is 41.9. The number of benzene rings is 2. The van der Waals surface area contributed by atoms with Gasteiger partial charge in [-0.05, 0) is 0 Å². The van der Waals surface area contributed by atoms with Gasteiger partial charge in [0.15, 0.2) is 0 Å². The van der Waals surface area contributed by atoms with Gasteiger partial charge in [0.25, 0.3) is 0 Å². The van der Waals surface area contributed by atoms with E-state index >= 15 is 0 Å². The highest BCUT2D eigenvalue weighted by Crippen LogP contribution is 2.50. The summed E-state index contributed by atoms with van der Waals surface area (Å²) >= 11 is 0. The lowest BCUT2D eigenvalue weighted by Crippen LogP contribution is -2.23. The minimum Gasteiger partial charge on any atom is -0.499 e. The van der Waals surface area contributed by atoms with Gasteiger partial charge in [0.1, 0.15) is 11.1 Å². The molecule has 0 saturated carbocycles. The Morgan fingerprint density at radius 3 is 1.38 bits per heavy atom. The second kappa shape index (κ2) is 4.84. The van der Waals surface area contributed by atoms with Crippen LogP contribution in [0.1, 0.15) is 31.8 Å². The zero-order valence-corrected chi connectivity index (χ0v) is 11.5. The van der Waals surface area contributed by atoms with Crippen LogP contribution in [0.25, 0.3) is 0 Å². The smallest absolute Gasteiger partial charge is 0.327 e. The van der Waals surface area contributed by atoms with Crippen molar-refractivity contribution in [2.75, 3.05) is 0 Å². The molecule has 1 aliphatic rings. The Kier molecular flexibility index (Phi) is 3.04. The molecule has 2 aromatic carbocycles. The van der Waals surface area contributed by atoms with Crippen LogP contribution in [0.5, 0.6) is 11.5 Å². The number of ketones is 2. The Hall–Kier alpha value is -3.82. The Labute approximate surface area is 131 Å². The lowest BCUT2D eigenvalue weighted by Gasteiger charge is -2.18. The fourth-order valence-electron chi connectivity index (χ4n) is 2.64. The van der Waals surface area contributed by atoms with Crippen molar-refractivity contribution in [2.45, 2.75) is 0 Å². The van der Waals surface area contributed by atoms with Crippen molar-refractivity contribution >= 4 is 22.9 Å². The predicted molar refractivity (Wildman–Crippen MR) is 76.4 cm³/mol. The fourth-order valence-corrected chi connectivity index (χ4v) is 2.64. The van der Waals surface area contributed by atoms with Crippen molar-refractivity contribution in [1.82, 2.24) is 0 Å². The number of carbonyl (C=O) groups is 2. The summed E-state index contributed by atoms with van der Waals surface area (Å²) in [7, 11) is 0. The first-order valence-corrected chi connectivity index (χ1v) is 6.36. The van der Waals surface area contributed by atoms with Gasteiger partial charge in [0.05, 0.1) is 9.85 Å². The normalized spacial score (nSPS) is 12.5. The van der Waals surface area contributed by atoms with Gasteiger partial charge in [-0.3, -0.25) is 29.8 Å². The number of fused-ring (bicyclic) bond motifs is 2. The molecule has 0 saturated heterocycles. The van der Waals surface area contributed by atoms with Gasteiger partial charge < -0.3 is 10.2 Å². The van der Waals surface area contributed by atoms with Crippen molar-refractivity contribution in [3.05, 3.63) is 66.7 Å². The number of phenols is 2. The van der Waals surface area contributed by atoms with E-state index in [1.807, 2.05) is 0 Å². The van der Waals surface area contributed by atoms with E-state index in [0.29, 0.717) is 0 Å². The van der Waals surface area contributed by atoms with E-state index in [1.54, 1.807) is 0 Å². The second-order valence-electron chi connectivity index (χ2n) is 4.86. The monoisotopic (exact) mass is 330 g/mol. The summed E-state index contributed by atoms with van der Waals surface area (Å²) in [6.07, 6.45) is 0. The maximum Gasteiger partial charge on any atom is 0.327 e. The van der Waals surface area contributed by atoms with Crippen molar-refractivity contribution in [2.24, 2.45) is 0 Å². The Balaban J connectivity index is 2.55. The van der Waals surface area contributed by atoms with Gasteiger partial charge >= 0.3 is 11.4 Å². The molecule has 120 valence electrons. The Bertz CT molecular complexity index is 901. The van der Waals surface area contributed by atoms with E-state index < -0.39 is 55.4 Å². The maximum atomic E-state index is 12.5. The second-order valence-corrected chi connectivity index (χ2v) is 4.86. The first-order valence-electron chi connectivity index (χ1n) is 6.36. The number of nitro benzene ring substituents is 2. The topological polar surface area (TPSA) is 161 Å². The number of hydrogen-bond donors (Lipinski definition) is 2. The first-order chi connectivity index (χ1) is 11.3. The summed E-state index contributed by atoms with van der Waals surface area (Å²) in [5.74, 6) is -4.92. The average Bonchev–Trinajstić information content (AvgIpc) is 2.53. The summed E-state index contributed by atoms with van der Waals surface area (Å²) in [5.41, 5.74) is -4.69. The van der Waals surface area contributed by atoms with Gasteiger partial charge in [0.2, 0.25) is 23.1 Å². The quantitative estimate of drug-likeness (QED) is 0.407. The van der Waals surface area contributed by atoms with Crippen LogP contribution in [-0.2, 0) is 0 Å². The van der Waals surface area contributed by atoms with Crippen LogP contribution in [0, 0.1) is 20.2 Å². The number of phenolic OH excluding ortho intramolecular Hbond substituents is 2. The molecule has 1 aliphatic carbocycles. The van der Waals surface area contributed by atoms with Crippen molar-refractivity contribution in [3.8, 4) is 11.5 Å². The molecular weight excluding hydrogens is 324 g/mol. The fraction of sp³-hybridized carbons (Fsp3) is 0. The third-order valence-corrected chi connectivity index (χ3v) is 3.63. The number of aromatic hydroxyl groups is 2. The van der Waals surface area contributed by atoms with E-state index in [9.17, 15) is 40.0 Å². The lowest BCUT2D eigenvalue weighted by atomic mass is 9.82. The van der Waals surface area contributed by atoms with Crippen LogP contribution >= 0.6 is 0 Å². The summed E-state index contributed by atoms with van der Waals surface area (Å²) in [6.45, 7) is 0. The number of rotatable bonds is 2. The molecule has 2 aromatic rings. The van der Waals surface area contributed by atoms with E-state index in [-0.39, 0.29) is 11.1 Å². The maximum absolute atomic E-state index is 12.5. The highest BCUT2D eigenvalue weighted by Gasteiger charge is 2.46. The van der Waals surface area contributed by atoms with Crippen molar-refractivity contribution in [1.29, 1.82) is 0 Å². The van der Waals surface area contributed by atoms with Crippen LogP contribution in [0.15, 0.2) is 24.3 Å². The minimum atomic E-state index is -1.44. The molecule has 0 radical (unpaired) electrons.